The van der Waals surface area contributed by atoms with Crippen molar-refractivity contribution in [3.05, 3.63) is 52.2 Å². The lowest BCUT2D eigenvalue weighted by Crippen LogP contribution is -2.39. The van der Waals surface area contributed by atoms with Gasteiger partial charge in [-0.15, -0.1) is 35.3 Å². The quantitative estimate of drug-likeness (QED) is 0.249. The first-order chi connectivity index (χ1) is 13.6. The summed E-state index contributed by atoms with van der Waals surface area (Å²) in [4.78, 5) is 5.25. The van der Waals surface area contributed by atoms with Crippen molar-refractivity contribution in [1.29, 1.82) is 0 Å². The summed E-state index contributed by atoms with van der Waals surface area (Å²) in [7, 11) is 3.74. The summed E-state index contributed by atoms with van der Waals surface area (Å²) in [6, 6.07) is 10.2. The van der Waals surface area contributed by atoms with Crippen LogP contribution in [0.2, 0.25) is 0 Å². The molecule has 0 amide bonds. The van der Waals surface area contributed by atoms with Gasteiger partial charge in [0.2, 0.25) is 0 Å². The van der Waals surface area contributed by atoms with Crippen LogP contribution in [0.15, 0.2) is 35.3 Å². The number of guanidine groups is 1. The molecule has 8 heteroatoms. The van der Waals surface area contributed by atoms with E-state index in [1.54, 1.807) is 18.4 Å². The first kappa shape index (κ1) is 23.6. The third-order valence-corrected chi connectivity index (χ3v) is 6.14. The van der Waals surface area contributed by atoms with E-state index in [1.807, 2.05) is 23.9 Å². The number of aryl methyl sites for hydroxylation is 2. The smallest absolute Gasteiger partial charge is 0.191 e. The molecular formula is C21H30IN5OS. The second-order valence-electron chi connectivity index (χ2n) is 6.71. The Labute approximate surface area is 193 Å². The number of hydrogen-bond acceptors (Lipinski definition) is 4. The summed E-state index contributed by atoms with van der Waals surface area (Å²) in [6.07, 6.45) is 1.27. The van der Waals surface area contributed by atoms with Crippen molar-refractivity contribution in [3.63, 3.8) is 0 Å². The number of aliphatic hydroxyl groups excluding tert-OH is 1. The van der Waals surface area contributed by atoms with E-state index in [2.05, 4.69) is 52.8 Å². The fourth-order valence-electron chi connectivity index (χ4n) is 3.45. The van der Waals surface area contributed by atoms with Crippen LogP contribution >= 0.6 is 35.3 Å². The Morgan fingerprint density at radius 2 is 2.00 bits per heavy atom. The van der Waals surface area contributed by atoms with Crippen molar-refractivity contribution in [3.8, 4) is 0 Å². The van der Waals surface area contributed by atoms with Gasteiger partial charge in [-0.1, -0.05) is 32.0 Å². The van der Waals surface area contributed by atoms with Crippen LogP contribution in [0.5, 0.6) is 0 Å². The van der Waals surface area contributed by atoms with Gasteiger partial charge in [-0.2, -0.15) is 5.10 Å². The second-order valence-corrected chi connectivity index (χ2v) is 7.83. The lowest BCUT2D eigenvalue weighted by atomic mass is 10.1. The zero-order chi connectivity index (χ0) is 20.1. The second kappa shape index (κ2) is 10.9. The predicted octanol–water partition coefficient (Wildman–Crippen LogP) is 3.78. The minimum atomic E-state index is -0.577. The highest BCUT2D eigenvalue weighted by molar-refractivity contribution is 14.0. The van der Waals surface area contributed by atoms with Gasteiger partial charge in [0.15, 0.2) is 5.96 Å². The number of halogens is 1. The molecule has 0 spiro atoms. The molecule has 0 saturated heterocycles. The number of fused-ring (bicyclic) bond motifs is 1. The molecule has 3 N–H and O–H groups in total. The number of benzene rings is 1. The standard InChI is InChI=1S/C21H29N5OS.HI/c1-5-16-15(17(6-2)26(4)25-16)12-23-21(22-3)24-13-18(27)20-11-14-9-7-8-10-19(14)28-20;/h7-11,18,27H,5-6,12-13H2,1-4H3,(H2,22,23,24);1H. The third kappa shape index (κ3) is 5.49. The number of thiophene rings is 1. The number of aliphatic hydroxyl groups is 1. The molecule has 0 bridgehead atoms. The van der Waals surface area contributed by atoms with Gasteiger partial charge >= 0.3 is 0 Å². The van der Waals surface area contributed by atoms with Gasteiger partial charge in [0.25, 0.3) is 0 Å². The molecule has 0 radical (unpaired) electrons. The van der Waals surface area contributed by atoms with Crippen LogP contribution in [-0.2, 0) is 26.4 Å². The number of aliphatic imine (C=N–C) groups is 1. The maximum atomic E-state index is 10.6. The van der Waals surface area contributed by atoms with Crippen LogP contribution in [0, 0.1) is 0 Å². The van der Waals surface area contributed by atoms with E-state index in [4.69, 9.17) is 0 Å². The molecule has 6 nitrogen and oxygen atoms in total. The van der Waals surface area contributed by atoms with E-state index in [0.29, 0.717) is 19.0 Å². The molecule has 1 unspecified atom stereocenters. The highest BCUT2D eigenvalue weighted by Crippen LogP contribution is 2.29. The molecule has 3 aromatic rings. The Morgan fingerprint density at radius 1 is 1.24 bits per heavy atom. The Balaban J connectivity index is 0.00000300. The van der Waals surface area contributed by atoms with Crippen molar-refractivity contribution < 1.29 is 5.11 Å². The van der Waals surface area contributed by atoms with Gasteiger partial charge in [0, 0.05) is 48.0 Å². The average molecular weight is 527 g/mol. The SMILES string of the molecule is CCc1nn(C)c(CC)c1CNC(=NC)NCC(O)c1cc2ccccc2s1.I. The molecule has 1 atom stereocenters. The van der Waals surface area contributed by atoms with E-state index in [0.717, 1.165) is 23.4 Å². The molecule has 1 aromatic carbocycles. The van der Waals surface area contributed by atoms with Crippen LogP contribution in [-0.4, -0.2) is 34.4 Å². The first-order valence-electron chi connectivity index (χ1n) is 9.72. The maximum absolute atomic E-state index is 10.6. The number of rotatable bonds is 7. The molecular weight excluding hydrogens is 497 g/mol. The van der Waals surface area contributed by atoms with E-state index in [-0.39, 0.29) is 24.0 Å². The first-order valence-corrected chi connectivity index (χ1v) is 10.5. The molecule has 2 aromatic heterocycles. The van der Waals surface area contributed by atoms with Gasteiger partial charge < -0.3 is 15.7 Å². The number of nitrogens with zero attached hydrogens (tertiary/aromatic N) is 3. The zero-order valence-corrected chi connectivity index (χ0v) is 20.5. The fraction of sp³-hybridized carbons (Fsp3) is 0.429. The molecule has 158 valence electrons. The molecule has 0 saturated carbocycles. The third-order valence-electron chi connectivity index (χ3n) is 4.92. The highest BCUT2D eigenvalue weighted by Gasteiger charge is 2.15. The Kier molecular flexibility index (Phi) is 8.91. The topological polar surface area (TPSA) is 74.5 Å². The lowest BCUT2D eigenvalue weighted by molar-refractivity contribution is 0.184. The molecule has 2 heterocycles. The van der Waals surface area contributed by atoms with Gasteiger partial charge in [-0.25, -0.2) is 0 Å². The van der Waals surface area contributed by atoms with E-state index in [1.165, 1.54) is 21.3 Å². The van der Waals surface area contributed by atoms with Crippen molar-refractivity contribution in [1.82, 2.24) is 20.4 Å². The Hall–Kier alpha value is -1.65. The summed E-state index contributed by atoms with van der Waals surface area (Å²) in [5.41, 5.74) is 3.60. The lowest BCUT2D eigenvalue weighted by Gasteiger charge is -2.15. The number of hydrogen-bond donors (Lipinski definition) is 3. The molecule has 29 heavy (non-hydrogen) atoms. The summed E-state index contributed by atoms with van der Waals surface area (Å²) >= 11 is 1.63. The van der Waals surface area contributed by atoms with Crippen LogP contribution in [0.4, 0.5) is 0 Å². The number of nitrogens with one attached hydrogen (secondary N) is 2. The van der Waals surface area contributed by atoms with Crippen molar-refractivity contribution in [2.75, 3.05) is 13.6 Å². The minimum Gasteiger partial charge on any atom is -0.386 e. The Bertz CT molecular complexity index is 932. The summed E-state index contributed by atoms with van der Waals surface area (Å²) in [6.45, 7) is 5.34. The van der Waals surface area contributed by atoms with Crippen LogP contribution in [0.1, 0.15) is 41.8 Å². The summed E-state index contributed by atoms with van der Waals surface area (Å²) in [5.74, 6) is 0.674. The highest BCUT2D eigenvalue weighted by atomic mass is 127. The molecule has 0 aliphatic rings. The van der Waals surface area contributed by atoms with Crippen LogP contribution in [0.3, 0.4) is 0 Å². The minimum absolute atomic E-state index is 0. The zero-order valence-electron chi connectivity index (χ0n) is 17.4. The monoisotopic (exact) mass is 527 g/mol. The van der Waals surface area contributed by atoms with Gasteiger partial charge in [-0.3, -0.25) is 9.67 Å². The van der Waals surface area contributed by atoms with Crippen molar-refractivity contribution in [2.45, 2.75) is 39.3 Å². The van der Waals surface area contributed by atoms with E-state index >= 15 is 0 Å². The van der Waals surface area contributed by atoms with Crippen LogP contribution in [0.25, 0.3) is 10.1 Å². The average Bonchev–Trinajstić information content (AvgIpc) is 3.28. The fourth-order valence-corrected chi connectivity index (χ4v) is 4.50. The summed E-state index contributed by atoms with van der Waals surface area (Å²) < 4.78 is 3.16. The Morgan fingerprint density at radius 3 is 2.66 bits per heavy atom. The van der Waals surface area contributed by atoms with Gasteiger partial charge in [-0.05, 0) is 30.4 Å². The van der Waals surface area contributed by atoms with E-state index < -0.39 is 6.10 Å². The molecule has 0 fully saturated rings. The van der Waals surface area contributed by atoms with Crippen molar-refractivity contribution >= 4 is 51.4 Å². The van der Waals surface area contributed by atoms with E-state index in [9.17, 15) is 5.11 Å². The van der Waals surface area contributed by atoms with Crippen molar-refractivity contribution in [2.24, 2.45) is 12.0 Å². The van der Waals surface area contributed by atoms with Crippen LogP contribution < -0.4 is 10.6 Å². The largest absolute Gasteiger partial charge is 0.386 e. The molecule has 0 aliphatic carbocycles. The van der Waals surface area contributed by atoms with Gasteiger partial charge in [0.05, 0.1) is 5.69 Å². The normalized spacial score (nSPS) is 12.7. The maximum Gasteiger partial charge on any atom is 0.191 e. The summed E-state index contributed by atoms with van der Waals surface area (Å²) in [5, 5.41) is 22.9. The molecule has 0 aliphatic heterocycles. The predicted molar refractivity (Wildman–Crippen MR) is 132 cm³/mol. The van der Waals surface area contributed by atoms with Gasteiger partial charge in [0.1, 0.15) is 6.10 Å². The number of aromatic nitrogens is 2. The molecule has 3 rings (SSSR count).